The summed E-state index contributed by atoms with van der Waals surface area (Å²) in [6.45, 7) is 1.98. The third-order valence-corrected chi connectivity index (χ3v) is 5.39. The number of carbonyl (C=O) groups excluding carboxylic acids is 2. The summed E-state index contributed by atoms with van der Waals surface area (Å²) in [6.07, 6.45) is 2.92. The molecule has 0 bridgehead atoms. The van der Waals surface area contributed by atoms with Gasteiger partial charge in [-0.1, -0.05) is 13.3 Å². The molecule has 0 saturated heterocycles. The van der Waals surface area contributed by atoms with E-state index in [2.05, 4.69) is 10.3 Å². The molecule has 2 aromatic heterocycles. The highest BCUT2D eigenvalue weighted by molar-refractivity contribution is 7.17. The molecule has 0 spiro atoms. The third-order valence-electron chi connectivity index (χ3n) is 4.51. The van der Waals surface area contributed by atoms with Gasteiger partial charge in [0, 0.05) is 11.4 Å². The third kappa shape index (κ3) is 5.02. The fourth-order valence-corrected chi connectivity index (χ4v) is 3.74. The monoisotopic (exact) mass is 445 g/mol. The molecule has 164 valence electrons. The molecule has 0 aliphatic carbocycles. The van der Waals surface area contributed by atoms with Gasteiger partial charge in [0.25, 0.3) is 5.56 Å². The van der Waals surface area contributed by atoms with Crippen LogP contribution < -0.4 is 20.3 Å². The van der Waals surface area contributed by atoms with Gasteiger partial charge in [-0.2, -0.15) is 0 Å². The van der Waals surface area contributed by atoms with Crippen LogP contribution in [-0.4, -0.2) is 42.3 Å². The maximum absolute atomic E-state index is 13.0. The molecule has 0 aliphatic heterocycles. The van der Waals surface area contributed by atoms with E-state index in [9.17, 15) is 14.4 Å². The number of thiophene rings is 1. The Morgan fingerprint density at radius 2 is 2.03 bits per heavy atom. The number of ether oxygens (including phenoxy) is 3. The summed E-state index contributed by atoms with van der Waals surface area (Å²) in [6, 6.07) is 4.98. The molecule has 1 aromatic carbocycles. The van der Waals surface area contributed by atoms with Gasteiger partial charge in [0.1, 0.15) is 22.9 Å². The molecule has 0 saturated carbocycles. The van der Waals surface area contributed by atoms with Gasteiger partial charge >= 0.3 is 5.97 Å². The standard InChI is InChI=1S/C21H23N3O6S/c1-4-5-8-30-21(27)14-11-31-19-18(14)20(26)24(12-22-19)10-17(25)23-15-9-13(28-2)6-7-16(15)29-3/h6-7,9,11-12H,4-5,8,10H2,1-3H3,(H,23,25). The number of aromatic nitrogens is 2. The van der Waals surface area contributed by atoms with E-state index in [4.69, 9.17) is 14.2 Å². The molecule has 1 N–H and O–H groups in total. The molecule has 0 aliphatic rings. The van der Waals surface area contributed by atoms with Gasteiger partial charge < -0.3 is 19.5 Å². The van der Waals surface area contributed by atoms with Gasteiger partial charge in [0.15, 0.2) is 0 Å². The zero-order valence-corrected chi connectivity index (χ0v) is 18.3. The first kappa shape index (κ1) is 22.3. The quantitative estimate of drug-likeness (QED) is 0.398. The van der Waals surface area contributed by atoms with Crippen molar-refractivity contribution in [3.05, 3.63) is 45.8 Å². The number of methoxy groups -OCH3 is 2. The van der Waals surface area contributed by atoms with Crippen molar-refractivity contribution in [2.75, 3.05) is 26.1 Å². The van der Waals surface area contributed by atoms with E-state index in [1.54, 1.807) is 23.6 Å². The summed E-state index contributed by atoms with van der Waals surface area (Å²) in [7, 11) is 3.00. The fraction of sp³-hybridized carbons (Fsp3) is 0.333. The van der Waals surface area contributed by atoms with Crippen LogP contribution in [0.25, 0.3) is 10.2 Å². The van der Waals surface area contributed by atoms with Crippen molar-refractivity contribution >= 4 is 39.1 Å². The van der Waals surface area contributed by atoms with Crippen molar-refractivity contribution in [1.82, 2.24) is 9.55 Å². The average Bonchev–Trinajstić information content (AvgIpc) is 3.20. The molecule has 9 nitrogen and oxygen atoms in total. The van der Waals surface area contributed by atoms with E-state index in [1.165, 1.54) is 31.9 Å². The maximum atomic E-state index is 13.0. The van der Waals surface area contributed by atoms with Crippen LogP contribution in [0, 0.1) is 0 Å². The zero-order valence-electron chi connectivity index (χ0n) is 17.5. The molecule has 0 fully saturated rings. The summed E-state index contributed by atoms with van der Waals surface area (Å²) < 4.78 is 16.8. The Bertz CT molecular complexity index is 1150. The molecule has 0 radical (unpaired) electrons. The largest absolute Gasteiger partial charge is 0.497 e. The molecule has 10 heteroatoms. The number of nitrogens with one attached hydrogen (secondary N) is 1. The maximum Gasteiger partial charge on any atom is 0.339 e. The number of esters is 1. The Labute approximate surface area is 182 Å². The molecular weight excluding hydrogens is 422 g/mol. The van der Waals surface area contributed by atoms with Crippen LogP contribution in [0.5, 0.6) is 11.5 Å². The van der Waals surface area contributed by atoms with E-state index in [-0.39, 0.29) is 24.1 Å². The highest BCUT2D eigenvalue weighted by atomic mass is 32.1. The summed E-state index contributed by atoms with van der Waals surface area (Å²) in [5.74, 6) is -0.0371. The summed E-state index contributed by atoms with van der Waals surface area (Å²) in [5, 5.41) is 4.41. The van der Waals surface area contributed by atoms with Crippen molar-refractivity contribution < 1.29 is 23.8 Å². The Balaban J connectivity index is 1.83. The number of rotatable bonds is 9. The van der Waals surface area contributed by atoms with Gasteiger partial charge in [-0.05, 0) is 18.6 Å². The second-order valence-electron chi connectivity index (χ2n) is 6.61. The first-order valence-electron chi connectivity index (χ1n) is 9.64. The van der Waals surface area contributed by atoms with E-state index in [0.717, 1.165) is 17.4 Å². The summed E-state index contributed by atoms with van der Waals surface area (Å²) in [4.78, 5) is 42.5. The average molecular weight is 445 g/mol. The van der Waals surface area contributed by atoms with Gasteiger partial charge in [-0.3, -0.25) is 14.2 Å². The molecule has 3 aromatic rings. The molecule has 0 unspecified atom stereocenters. The van der Waals surface area contributed by atoms with E-state index in [0.29, 0.717) is 22.0 Å². The second-order valence-corrected chi connectivity index (χ2v) is 7.47. The Morgan fingerprint density at radius 3 is 2.74 bits per heavy atom. The number of amides is 1. The van der Waals surface area contributed by atoms with Crippen LogP contribution in [0.15, 0.2) is 34.7 Å². The van der Waals surface area contributed by atoms with Crippen molar-refractivity contribution in [1.29, 1.82) is 0 Å². The second kappa shape index (κ2) is 10.1. The van der Waals surface area contributed by atoms with Gasteiger partial charge in [0.05, 0.1) is 43.8 Å². The van der Waals surface area contributed by atoms with Crippen LogP contribution >= 0.6 is 11.3 Å². The minimum Gasteiger partial charge on any atom is -0.497 e. The first-order chi connectivity index (χ1) is 15.0. The molecular formula is C21H23N3O6S. The Hall–Kier alpha value is -3.40. The SMILES string of the molecule is CCCCOC(=O)c1csc2ncn(CC(=O)Nc3cc(OC)ccc3OC)c(=O)c12. The van der Waals surface area contributed by atoms with Crippen LogP contribution in [0.1, 0.15) is 30.1 Å². The van der Waals surface area contributed by atoms with Gasteiger partial charge in [-0.15, -0.1) is 11.3 Å². The van der Waals surface area contributed by atoms with E-state index >= 15 is 0 Å². The van der Waals surface area contributed by atoms with Crippen LogP contribution in [0.3, 0.4) is 0 Å². The summed E-state index contributed by atoms with van der Waals surface area (Å²) in [5.41, 5.74) is 0.0870. The van der Waals surface area contributed by atoms with Crippen molar-refractivity contribution in [2.45, 2.75) is 26.3 Å². The Morgan fingerprint density at radius 1 is 1.23 bits per heavy atom. The smallest absolute Gasteiger partial charge is 0.339 e. The van der Waals surface area contributed by atoms with E-state index in [1.807, 2.05) is 6.92 Å². The van der Waals surface area contributed by atoms with Crippen molar-refractivity contribution in [3.63, 3.8) is 0 Å². The normalized spacial score (nSPS) is 10.7. The number of hydrogen-bond donors (Lipinski definition) is 1. The first-order valence-corrected chi connectivity index (χ1v) is 10.5. The lowest BCUT2D eigenvalue weighted by Crippen LogP contribution is -2.28. The number of fused-ring (bicyclic) bond motifs is 1. The minimum atomic E-state index is -0.568. The topological polar surface area (TPSA) is 109 Å². The van der Waals surface area contributed by atoms with Gasteiger partial charge in [-0.25, -0.2) is 9.78 Å². The number of carbonyl (C=O) groups is 2. The zero-order chi connectivity index (χ0) is 22.4. The lowest BCUT2D eigenvalue weighted by atomic mass is 10.2. The lowest BCUT2D eigenvalue weighted by Gasteiger charge is -2.12. The van der Waals surface area contributed by atoms with E-state index < -0.39 is 17.4 Å². The lowest BCUT2D eigenvalue weighted by molar-refractivity contribution is -0.116. The molecule has 3 rings (SSSR count). The predicted molar refractivity (Wildman–Crippen MR) is 117 cm³/mol. The predicted octanol–water partition coefficient (Wildman–Crippen LogP) is 3.07. The minimum absolute atomic E-state index is 0.153. The molecule has 0 atom stereocenters. The van der Waals surface area contributed by atoms with Crippen molar-refractivity contribution in [3.8, 4) is 11.5 Å². The number of benzene rings is 1. The molecule has 1 amide bonds. The van der Waals surface area contributed by atoms with Crippen LogP contribution in [0.2, 0.25) is 0 Å². The molecule has 31 heavy (non-hydrogen) atoms. The summed E-state index contributed by atoms with van der Waals surface area (Å²) >= 11 is 1.18. The number of nitrogens with zero attached hydrogens (tertiary/aromatic N) is 2. The number of unbranched alkanes of at least 4 members (excludes halogenated alkanes) is 1. The molecule has 2 heterocycles. The highest BCUT2D eigenvalue weighted by Gasteiger charge is 2.19. The van der Waals surface area contributed by atoms with Crippen LogP contribution in [0.4, 0.5) is 5.69 Å². The fourth-order valence-electron chi connectivity index (χ4n) is 2.87. The number of hydrogen-bond acceptors (Lipinski definition) is 8. The van der Waals surface area contributed by atoms with Crippen LogP contribution in [-0.2, 0) is 16.1 Å². The number of anilines is 1. The van der Waals surface area contributed by atoms with Gasteiger partial charge in [0.2, 0.25) is 5.91 Å². The highest BCUT2D eigenvalue weighted by Crippen LogP contribution is 2.29. The van der Waals surface area contributed by atoms with Crippen molar-refractivity contribution in [2.24, 2.45) is 0 Å². The Kier molecular flexibility index (Phi) is 7.24.